The summed E-state index contributed by atoms with van der Waals surface area (Å²) in [7, 11) is 0. The predicted molar refractivity (Wildman–Crippen MR) is 78.7 cm³/mol. The molecular formula is C14H16N4OS. The molecule has 5 nitrogen and oxygen atoms in total. The summed E-state index contributed by atoms with van der Waals surface area (Å²) in [5.41, 5.74) is 0.796. The number of nitrogens with zero attached hydrogens (tertiary/aromatic N) is 3. The van der Waals surface area contributed by atoms with Gasteiger partial charge in [-0.15, -0.1) is 5.10 Å². The highest BCUT2D eigenvalue weighted by Crippen LogP contribution is 2.24. The number of nitrogens with one attached hydrogen (secondary N) is 1. The van der Waals surface area contributed by atoms with E-state index in [0.717, 1.165) is 12.0 Å². The van der Waals surface area contributed by atoms with Crippen LogP contribution in [0.25, 0.3) is 0 Å². The Morgan fingerprint density at radius 2 is 2.20 bits per heavy atom. The maximum Gasteiger partial charge on any atom is 0.343 e. The zero-order valence-corrected chi connectivity index (χ0v) is 12.1. The molecular weight excluding hydrogens is 272 g/mol. The molecule has 104 valence electrons. The molecule has 0 radical (unpaired) electrons. The molecule has 0 amide bonds. The lowest BCUT2D eigenvalue weighted by Gasteiger charge is -2.09. The number of rotatable bonds is 6. The fourth-order valence-corrected chi connectivity index (χ4v) is 2.91. The third-order valence-corrected chi connectivity index (χ3v) is 3.98. The molecule has 2 aromatic rings. The Hall–Kier alpha value is -2.00. The number of nitriles is 1. The Balaban J connectivity index is 2.08. The van der Waals surface area contributed by atoms with Crippen LogP contribution >= 0.6 is 11.8 Å². The highest BCUT2D eigenvalue weighted by Gasteiger charge is 2.14. The first-order chi connectivity index (χ1) is 9.76. The molecule has 2 rings (SSSR count). The van der Waals surface area contributed by atoms with Gasteiger partial charge in [-0.25, -0.2) is 9.89 Å². The molecule has 1 unspecified atom stereocenters. The van der Waals surface area contributed by atoms with Crippen molar-refractivity contribution in [1.29, 1.82) is 5.26 Å². The maximum atomic E-state index is 11.6. The highest BCUT2D eigenvalue weighted by molar-refractivity contribution is 7.99. The first kappa shape index (κ1) is 14.4. The molecule has 0 aliphatic rings. The molecule has 0 spiro atoms. The molecule has 1 aromatic carbocycles. The number of H-pyrrole nitrogens is 1. The summed E-state index contributed by atoms with van der Waals surface area (Å²) >= 11 is 1.43. The quantitative estimate of drug-likeness (QED) is 0.828. The Morgan fingerprint density at radius 1 is 1.45 bits per heavy atom. The van der Waals surface area contributed by atoms with Crippen LogP contribution in [0.1, 0.15) is 24.8 Å². The second-order valence-corrected chi connectivity index (χ2v) is 5.35. The minimum Gasteiger partial charge on any atom is -0.270 e. The van der Waals surface area contributed by atoms with Gasteiger partial charge in [-0.05, 0) is 12.0 Å². The molecule has 0 aliphatic heterocycles. The molecule has 1 heterocycles. The van der Waals surface area contributed by atoms with Gasteiger partial charge in [-0.3, -0.25) is 4.57 Å². The van der Waals surface area contributed by atoms with Crippen LogP contribution in [0, 0.1) is 11.3 Å². The standard InChI is InChI=1S/C14H16N4OS/c1-2-8-18-13(19)16-17-14(18)20-10-12(9-15)11-6-4-3-5-7-11/h3-7,12H,2,8,10H2,1H3,(H,16,19). The summed E-state index contributed by atoms with van der Waals surface area (Å²) in [5.74, 6) is 0.372. The van der Waals surface area contributed by atoms with E-state index >= 15 is 0 Å². The van der Waals surface area contributed by atoms with E-state index in [1.807, 2.05) is 37.3 Å². The van der Waals surface area contributed by atoms with Crippen LogP contribution in [-0.4, -0.2) is 20.5 Å². The summed E-state index contributed by atoms with van der Waals surface area (Å²) in [6.07, 6.45) is 0.868. The smallest absolute Gasteiger partial charge is 0.270 e. The number of aromatic nitrogens is 3. The van der Waals surface area contributed by atoms with Crippen LogP contribution in [-0.2, 0) is 6.54 Å². The predicted octanol–water partition coefficient (Wildman–Crippen LogP) is 2.38. The van der Waals surface area contributed by atoms with E-state index in [4.69, 9.17) is 0 Å². The van der Waals surface area contributed by atoms with Crippen molar-refractivity contribution in [2.24, 2.45) is 0 Å². The molecule has 1 N–H and O–H groups in total. The Bertz CT molecular complexity index is 641. The van der Waals surface area contributed by atoms with Crippen molar-refractivity contribution in [3.63, 3.8) is 0 Å². The van der Waals surface area contributed by atoms with Crippen LogP contribution in [0.5, 0.6) is 0 Å². The van der Waals surface area contributed by atoms with Gasteiger partial charge in [0.2, 0.25) is 0 Å². The minimum absolute atomic E-state index is 0.192. The second-order valence-electron chi connectivity index (χ2n) is 4.37. The molecule has 20 heavy (non-hydrogen) atoms. The highest BCUT2D eigenvalue weighted by atomic mass is 32.2. The monoisotopic (exact) mass is 288 g/mol. The first-order valence-electron chi connectivity index (χ1n) is 6.48. The first-order valence-corrected chi connectivity index (χ1v) is 7.47. The van der Waals surface area contributed by atoms with Crippen LogP contribution in [0.15, 0.2) is 40.3 Å². The largest absolute Gasteiger partial charge is 0.343 e. The van der Waals surface area contributed by atoms with Gasteiger partial charge in [0, 0.05) is 12.3 Å². The molecule has 1 atom stereocenters. The molecule has 0 bridgehead atoms. The maximum absolute atomic E-state index is 11.6. The van der Waals surface area contributed by atoms with Gasteiger partial charge in [0.05, 0.1) is 12.0 Å². The summed E-state index contributed by atoms with van der Waals surface area (Å²) < 4.78 is 1.62. The third-order valence-electron chi connectivity index (χ3n) is 2.91. The number of thioether (sulfide) groups is 1. The van der Waals surface area contributed by atoms with Gasteiger partial charge in [0.15, 0.2) is 5.16 Å². The lowest BCUT2D eigenvalue weighted by molar-refractivity contribution is 0.603. The summed E-state index contributed by atoms with van der Waals surface area (Å²) in [4.78, 5) is 11.6. The van der Waals surface area contributed by atoms with E-state index in [2.05, 4.69) is 16.3 Å². The van der Waals surface area contributed by atoms with Gasteiger partial charge in [-0.2, -0.15) is 5.26 Å². The summed E-state index contributed by atoms with van der Waals surface area (Å²) in [5, 5.41) is 16.4. The van der Waals surface area contributed by atoms with Crippen LogP contribution < -0.4 is 5.69 Å². The van der Waals surface area contributed by atoms with Crippen LogP contribution in [0.4, 0.5) is 0 Å². The van der Waals surface area contributed by atoms with Gasteiger partial charge in [0.1, 0.15) is 0 Å². The van der Waals surface area contributed by atoms with Gasteiger partial charge in [0.25, 0.3) is 0 Å². The van der Waals surface area contributed by atoms with Crippen molar-refractivity contribution < 1.29 is 0 Å². The molecule has 0 saturated carbocycles. The van der Waals surface area contributed by atoms with Gasteiger partial charge < -0.3 is 0 Å². The van der Waals surface area contributed by atoms with Crippen molar-refractivity contribution in [3.05, 3.63) is 46.4 Å². The van der Waals surface area contributed by atoms with Gasteiger partial charge >= 0.3 is 5.69 Å². The number of hydrogen-bond acceptors (Lipinski definition) is 4. The third kappa shape index (κ3) is 3.31. The zero-order chi connectivity index (χ0) is 14.4. The van der Waals surface area contributed by atoms with E-state index in [-0.39, 0.29) is 11.6 Å². The minimum atomic E-state index is -0.205. The number of benzene rings is 1. The number of hydrogen-bond donors (Lipinski definition) is 1. The number of aromatic amines is 1. The Labute approximate surface area is 121 Å². The van der Waals surface area contributed by atoms with Crippen molar-refractivity contribution >= 4 is 11.8 Å². The van der Waals surface area contributed by atoms with E-state index < -0.39 is 0 Å². The van der Waals surface area contributed by atoms with Crippen molar-refractivity contribution in [2.45, 2.75) is 31.0 Å². The molecule has 0 aliphatic carbocycles. The molecule has 6 heteroatoms. The second kappa shape index (κ2) is 6.96. The van der Waals surface area contributed by atoms with Crippen molar-refractivity contribution in [3.8, 4) is 6.07 Å². The van der Waals surface area contributed by atoms with E-state index in [1.54, 1.807) is 4.57 Å². The molecule has 0 saturated heterocycles. The zero-order valence-electron chi connectivity index (χ0n) is 11.2. The van der Waals surface area contributed by atoms with E-state index in [0.29, 0.717) is 17.5 Å². The van der Waals surface area contributed by atoms with Crippen LogP contribution in [0.2, 0.25) is 0 Å². The summed E-state index contributed by atoms with van der Waals surface area (Å²) in [6, 6.07) is 12.0. The Kier molecular flexibility index (Phi) is 5.02. The molecule has 0 fully saturated rings. The van der Waals surface area contributed by atoms with Gasteiger partial charge in [-0.1, -0.05) is 49.0 Å². The Morgan fingerprint density at radius 3 is 2.85 bits per heavy atom. The topological polar surface area (TPSA) is 74.5 Å². The summed E-state index contributed by atoms with van der Waals surface area (Å²) in [6.45, 7) is 2.65. The van der Waals surface area contributed by atoms with Crippen LogP contribution in [0.3, 0.4) is 0 Å². The average Bonchev–Trinajstić information content (AvgIpc) is 2.82. The van der Waals surface area contributed by atoms with E-state index in [1.165, 1.54) is 11.8 Å². The lowest BCUT2D eigenvalue weighted by atomic mass is 10.0. The lowest BCUT2D eigenvalue weighted by Crippen LogP contribution is -2.17. The normalized spacial score (nSPS) is 12.0. The fourth-order valence-electron chi connectivity index (χ4n) is 1.89. The van der Waals surface area contributed by atoms with Crippen molar-refractivity contribution in [2.75, 3.05) is 5.75 Å². The van der Waals surface area contributed by atoms with Crippen molar-refractivity contribution in [1.82, 2.24) is 14.8 Å². The average molecular weight is 288 g/mol. The van der Waals surface area contributed by atoms with E-state index in [9.17, 15) is 10.1 Å². The SMILES string of the molecule is CCCn1c(SCC(C#N)c2ccccc2)n[nH]c1=O. The fraction of sp³-hybridized carbons (Fsp3) is 0.357. The molecule has 1 aromatic heterocycles.